The van der Waals surface area contributed by atoms with E-state index < -0.39 is 17.7 Å². The van der Waals surface area contributed by atoms with E-state index in [1.54, 1.807) is 24.3 Å². The molecule has 4 rings (SSSR count). The van der Waals surface area contributed by atoms with Crippen LogP contribution in [0.5, 0.6) is 5.75 Å². The van der Waals surface area contributed by atoms with E-state index in [2.05, 4.69) is 5.32 Å². The highest BCUT2D eigenvalue weighted by molar-refractivity contribution is 7.80. The number of allylic oxidation sites excluding steroid dienone is 2. The third-order valence-electron chi connectivity index (χ3n) is 4.53. The molecule has 0 aromatic heterocycles. The van der Waals surface area contributed by atoms with Gasteiger partial charge in [0.25, 0.3) is 5.91 Å². The largest absolute Gasteiger partial charge is 0.422 e. The van der Waals surface area contributed by atoms with Crippen LogP contribution in [-0.2, 0) is 9.59 Å². The van der Waals surface area contributed by atoms with E-state index in [9.17, 15) is 14.4 Å². The molecular formula is C23H16N2O4S. The minimum absolute atomic E-state index is 0.0747. The Morgan fingerprint density at radius 2 is 1.73 bits per heavy atom. The Labute approximate surface area is 178 Å². The highest BCUT2D eigenvalue weighted by atomic mass is 32.1. The van der Waals surface area contributed by atoms with Gasteiger partial charge in [0.05, 0.1) is 5.56 Å². The van der Waals surface area contributed by atoms with E-state index in [0.29, 0.717) is 0 Å². The van der Waals surface area contributed by atoms with Gasteiger partial charge in [-0.05, 0) is 48.5 Å². The number of hydrogen-bond donors (Lipinski definition) is 1. The van der Waals surface area contributed by atoms with Gasteiger partial charge in [-0.15, -0.1) is 0 Å². The van der Waals surface area contributed by atoms with Crippen LogP contribution in [0, 0.1) is 0 Å². The zero-order valence-corrected chi connectivity index (χ0v) is 16.7. The molecule has 30 heavy (non-hydrogen) atoms. The van der Waals surface area contributed by atoms with Gasteiger partial charge < -0.3 is 10.1 Å². The molecule has 6 nitrogen and oxygen atoms in total. The van der Waals surface area contributed by atoms with Crippen molar-refractivity contribution in [2.45, 2.75) is 6.92 Å². The molecule has 1 N–H and O–H groups in total. The molecule has 2 aromatic carbocycles. The van der Waals surface area contributed by atoms with Gasteiger partial charge in [0.2, 0.25) is 5.78 Å². The van der Waals surface area contributed by atoms with Gasteiger partial charge in [-0.2, -0.15) is 0 Å². The summed E-state index contributed by atoms with van der Waals surface area (Å²) >= 11 is 5.23. The van der Waals surface area contributed by atoms with E-state index in [1.165, 1.54) is 6.07 Å². The Kier molecular flexibility index (Phi) is 5.12. The van der Waals surface area contributed by atoms with Crippen molar-refractivity contribution in [1.82, 2.24) is 10.2 Å². The molecule has 0 aliphatic carbocycles. The fraction of sp³-hybridized carbons (Fsp3) is 0.0435. The normalized spacial score (nSPS) is 19.2. The Morgan fingerprint density at radius 1 is 1.03 bits per heavy atom. The first-order valence-electron chi connectivity index (χ1n) is 9.11. The number of fused-ring (bicyclic) bond motifs is 1. The quantitative estimate of drug-likeness (QED) is 0.272. The minimum Gasteiger partial charge on any atom is -0.422 e. The molecule has 0 atom stereocenters. The van der Waals surface area contributed by atoms with E-state index in [-0.39, 0.29) is 27.7 Å². The molecule has 0 radical (unpaired) electrons. The van der Waals surface area contributed by atoms with Crippen LogP contribution in [0.3, 0.4) is 0 Å². The number of benzene rings is 2. The van der Waals surface area contributed by atoms with Gasteiger partial charge in [0.1, 0.15) is 17.0 Å². The number of carbonyl (C=O) groups is 3. The fourth-order valence-electron chi connectivity index (χ4n) is 3.12. The molecule has 148 valence electrons. The zero-order chi connectivity index (χ0) is 21.3. The monoisotopic (exact) mass is 416 g/mol. The number of carbonyl (C=O) groups excluding carboxylic acids is 3. The van der Waals surface area contributed by atoms with E-state index in [0.717, 1.165) is 22.2 Å². The van der Waals surface area contributed by atoms with Crippen molar-refractivity contribution in [3.63, 3.8) is 0 Å². The number of para-hydroxylation sites is 1. The molecule has 1 amide bonds. The third kappa shape index (κ3) is 3.70. The number of Topliss-reactive ketones (excluding diaryl/α,β-unsaturated/α-hetero) is 1. The summed E-state index contributed by atoms with van der Waals surface area (Å²) in [6.07, 6.45) is 4.72. The van der Waals surface area contributed by atoms with Gasteiger partial charge in [-0.25, -0.2) is 4.79 Å². The van der Waals surface area contributed by atoms with E-state index >= 15 is 0 Å². The van der Waals surface area contributed by atoms with Crippen molar-refractivity contribution in [3.8, 4) is 5.75 Å². The van der Waals surface area contributed by atoms with Gasteiger partial charge >= 0.3 is 5.97 Å². The third-order valence-corrected chi connectivity index (χ3v) is 4.83. The van der Waals surface area contributed by atoms with Crippen molar-refractivity contribution in [3.05, 3.63) is 94.8 Å². The number of thiocarbonyl (C=S) groups is 1. The fourth-order valence-corrected chi connectivity index (χ4v) is 3.37. The number of ketones is 1. The first-order valence-corrected chi connectivity index (χ1v) is 9.52. The highest BCUT2D eigenvalue weighted by Gasteiger charge is 2.35. The van der Waals surface area contributed by atoms with Crippen LogP contribution in [0.1, 0.15) is 22.8 Å². The Morgan fingerprint density at radius 3 is 2.50 bits per heavy atom. The summed E-state index contributed by atoms with van der Waals surface area (Å²) in [6.45, 7) is 1.86. The number of amides is 1. The van der Waals surface area contributed by atoms with Crippen LogP contribution >= 0.6 is 12.2 Å². The summed E-state index contributed by atoms with van der Waals surface area (Å²) < 4.78 is 5.20. The maximum atomic E-state index is 12.8. The molecule has 2 heterocycles. The maximum absolute atomic E-state index is 12.8. The molecule has 1 fully saturated rings. The summed E-state index contributed by atoms with van der Waals surface area (Å²) in [4.78, 5) is 38.9. The molecule has 1 saturated heterocycles. The van der Waals surface area contributed by atoms with E-state index in [1.807, 2.05) is 43.3 Å². The summed E-state index contributed by atoms with van der Waals surface area (Å²) in [5.74, 6) is -1.62. The number of hydrogen-bond acceptors (Lipinski definition) is 5. The molecule has 2 aliphatic heterocycles. The Balaban J connectivity index is 1.61. The van der Waals surface area contributed by atoms with Crippen LogP contribution in [-0.4, -0.2) is 27.7 Å². The van der Waals surface area contributed by atoms with Gasteiger partial charge in [0.15, 0.2) is 5.11 Å². The summed E-state index contributed by atoms with van der Waals surface area (Å²) in [7, 11) is 0. The second-order valence-electron chi connectivity index (χ2n) is 6.72. The molecule has 0 unspecified atom stereocenters. The van der Waals surface area contributed by atoms with Gasteiger partial charge in [-0.3, -0.25) is 14.5 Å². The van der Waals surface area contributed by atoms with Crippen molar-refractivity contribution in [1.29, 1.82) is 0 Å². The summed E-state index contributed by atoms with van der Waals surface area (Å²) in [5, 5.41) is 2.90. The predicted octanol–water partition coefficient (Wildman–Crippen LogP) is 3.38. The van der Waals surface area contributed by atoms with Crippen LogP contribution in [0.25, 0.3) is 6.08 Å². The number of nitrogens with zero attached hydrogens (tertiary/aromatic N) is 1. The molecule has 2 aromatic rings. The Bertz CT molecular complexity index is 1180. The lowest BCUT2D eigenvalue weighted by atomic mass is 10.0. The zero-order valence-electron chi connectivity index (χ0n) is 15.9. The first kappa shape index (κ1) is 19.5. The lowest BCUT2D eigenvalue weighted by Gasteiger charge is -2.18. The summed E-state index contributed by atoms with van der Waals surface area (Å²) in [6, 6.07) is 16.1. The van der Waals surface area contributed by atoms with Crippen LogP contribution < -0.4 is 10.1 Å². The maximum Gasteiger partial charge on any atom is 0.349 e. The second-order valence-corrected chi connectivity index (χ2v) is 7.11. The number of nitrogens with one attached hydrogen (secondary N) is 1. The van der Waals surface area contributed by atoms with Crippen molar-refractivity contribution >= 4 is 41.1 Å². The average Bonchev–Trinajstić information content (AvgIpc) is 2.98. The van der Waals surface area contributed by atoms with Crippen LogP contribution in [0.2, 0.25) is 0 Å². The number of rotatable bonds is 3. The second kappa shape index (κ2) is 7.88. The van der Waals surface area contributed by atoms with Crippen LogP contribution in [0.4, 0.5) is 0 Å². The standard InChI is InChI=1S/C23H16N2O4S/c1-14(11-15-7-3-2-4-8-15)12-18-21(27)25(23(30)24-18)13-17-20(26)16-9-5-6-10-19(16)29-22(17)28/h2-13H,1H3,(H,24,30)/b14-11-,17-13-,18-12+. The van der Waals surface area contributed by atoms with Gasteiger partial charge in [0, 0.05) is 6.20 Å². The molecule has 2 aliphatic rings. The highest BCUT2D eigenvalue weighted by Crippen LogP contribution is 2.28. The Hall–Kier alpha value is -3.84. The van der Waals surface area contributed by atoms with E-state index in [4.69, 9.17) is 17.0 Å². The topological polar surface area (TPSA) is 75.7 Å². The predicted molar refractivity (Wildman–Crippen MR) is 115 cm³/mol. The molecule has 0 saturated carbocycles. The first-order chi connectivity index (χ1) is 14.4. The van der Waals surface area contributed by atoms with Crippen molar-refractivity contribution in [2.24, 2.45) is 0 Å². The van der Waals surface area contributed by atoms with Gasteiger partial charge in [-0.1, -0.05) is 48.5 Å². The smallest absolute Gasteiger partial charge is 0.349 e. The van der Waals surface area contributed by atoms with Crippen molar-refractivity contribution in [2.75, 3.05) is 0 Å². The molecule has 0 bridgehead atoms. The molecular weight excluding hydrogens is 400 g/mol. The SMILES string of the molecule is CC(=C/c1ccccc1)/C=C1/NC(=S)N(/C=C2\C(=O)Oc3ccccc3C2=O)C1=O. The van der Waals surface area contributed by atoms with Crippen LogP contribution in [0.15, 0.2) is 83.7 Å². The average molecular weight is 416 g/mol. The minimum atomic E-state index is -0.827. The molecule has 7 heteroatoms. The number of ether oxygens (including phenoxy) is 1. The lowest BCUT2D eigenvalue weighted by molar-refractivity contribution is -0.130. The summed E-state index contributed by atoms with van der Waals surface area (Å²) in [5.41, 5.74) is 2.07. The van der Waals surface area contributed by atoms with Crippen molar-refractivity contribution < 1.29 is 19.1 Å². The number of esters is 1. The molecule has 0 spiro atoms. The lowest BCUT2D eigenvalue weighted by Crippen LogP contribution is -2.31.